The predicted molar refractivity (Wildman–Crippen MR) is 121 cm³/mol. The first-order valence-corrected chi connectivity index (χ1v) is 9.72. The minimum Gasteiger partial charge on any atom is -0.497 e. The molecule has 0 fully saturated rings. The Labute approximate surface area is 186 Å². The lowest BCUT2D eigenvalue weighted by Crippen LogP contribution is -2.06. The van der Waals surface area contributed by atoms with Crippen LogP contribution in [0.2, 0.25) is 0 Å². The van der Waals surface area contributed by atoms with Gasteiger partial charge in [-0.1, -0.05) is 6.07 Å². The predicted octanol–water partition coefficient (Wildman–Crippen LogP) is 5.20. The van der Waals surface area contributed by atoms with E-state index >= 15 is 0 Å². The third kappa shape index (κ3) is 5.18. The van der Waals surface area contributed by atoms with Crippen LogP contribution < -0.4 is 24.3 Å². The maximum atomic E-state index is 13.8. The monoisotopic (exact) mass is 437 g/mol. The molecule has 0 unspecified atom stereocenters. The zero-order chi connectivity index (χ0) is 23.1. The molecule has 1 N–H and O–H groups in total. The van der Waals surface area contributed by atoms with Gasteiger partial charge < -0.3 is 24.3 Å². The van der Waals surface area contributed by atoms with Crippen LogP contribution in [0.4, 0.5) is 10.1 Å². The molecule has 3 aromatic rings. The van der Waals surface area contributed by atoms with Gasteiger partial charge in [-0.3, -0.25) is 4.79 Å². The van der Waals surface area contributed by atoms with E-state index in [0.717, 1.165) is 0 Å². The standard InChI is InChI=1S/C25H24FNO5/c1-29-18-8-10-20(24(13-18)31-3)22(27-17-7-5-6-16(26)12-17)15-23(28)21-11-9-19(30-2)14-25(21)32-4/h5-15,27H,1-4H3/b22-15-. The first kappa shape index (κ1) is 22.7. The first-order chi connectivity index (χ1) is 15.5. The fourth-order valence-electron chi connectivity index (χ4n) is 3.13. The van der Waals surface area contributed by atoms with Crippen molar-refractivity contribution < 1.29 is 28.1 Å². The summed E-state index contributed by atoms with van der Waals surface area (Å²) in [4.78, 5) is 13.2. The topological polar surface area (TPSA) is 66.0 Å². The number of ether oxygens (including phenoxy) is 4. The molecule has 32 heavy (non-hydrogen) atoms. The molecule has 0 aliphatic carbocycles. The molecule has 0 aliphatic heterocycles. The molecule has 0 bridgehead atoms. The smallest absolute Gasteiger partial charge is 0.191 e. The highest BCUT2D eigenvalue weighted by molar-refractivity contribution is 6.11. The number of ketones is 1. The molecule has 0 saturated heterocycles. The molecular formula is C25H24FNO5. The van der Waals surface area contributed by atoms with Crippen LogP contribution in [0.15, 0.2) is 66.7 Å². The lowest BCUT2D eigenvalue weighted by atomic mass is 10.0. The van der Waals surface area contributed by atoms with Gasteiger partial charge in [-0.05, 0) is 42.5 Å². The summed E-state index contributed by atoms with van der Waals surface area (Å²) in [6.45, 7) is 0. The molecule has 0 saturated carbocycles. The minimum absolute atomic E-state index is 0.318. The molecule has 166 valence electrons. The summed E-state index contributed by atoms with van der Waals surface area (Å²) in [6.07, 6.45) is 1.42. The fourth-order valence-corrected chi connectivity index (χ4v) is 3.13. The normalized spacial score (nSPS) is 11.0. The highest BCUT2D eigenvalue weighted by Gasteiger charge is 2.16. The Balaban J connectivity index is 2.10. The summed E-state index contributed by atoms with van der Waals surface area (Å²) in [5.74, 6) is 1.29. The molecule has 0 aliphatic rings. The van der Waals surface area contributed by atoms with Crippen LogP contribution in [0, 0.1) is 5.82 Å². The van der Waals surface area contributed by atoms with Crippen LogP contribution in [0.1, 0.15) is 15.9 Å². The van der Waals surface area contributed by atoms with Gasteiger partial charge in [0.25, 0.3) is 0 Å². The third-order valence-corrected chi connectivity index (χ3v) is 4.75. The molecule has 3 rings (SSSR count). The van der Waals surface area contributed by atoms with E-state index in [1.165, 1.54) is 39.5 Å². The van der Waals surface area contributed by atoms with Crippen molar-refractivity contribution in [3.63, 3.8) is 0 Å². The first-order valence-electron chi connectivity index (χ1n) is 9.72. The maximum Gasteiger partial charge on any atom is 0.191 e. The summed E-state index contributed by atoms with van der Waals surface area (Å²) in [5, 5.41) is 3.12. The molecule has 0 radical (unpaired) electrons. The highest BCUT2D eigenvalue weighted by atomic mass is 19.1. The van der Waals surface area contributed by atoms with Gasteiger partial charge in [0.15, 0.2) is 5.78 Å². The Hall–Kier alpha value is -4.00. The third-order valence-electron chi connectivity index (χ3n) is 4.75. The Morgan fingerprint density at radius 1 is 0.781 bits per heavy atom. The average molecular weight is 437 g/mol. The molecule has 0 spiro atoms. The SMILES string of the molecule is COc1ccc(C(=O)/C=C(\Nc2cccc(F)c2)c2ccc(OC)cc2OC)c(OC)c1. The van der Waals surface area contributed by atoms with Crippen molar-refractivity contribution in [1.82, 2.24) is 0 Å². The summed E-state index contributed by atoms with van der Waals surface area (Å²) < 4.78 is 35.1. The molecule has 3 aromatic carbocycles. The molecule has 0 atom stereocenters. The number of nitrogens with one attached hydrogen (secondary N) is 1. The highest BCUT2D eigenvalue weighted by Crippen LogP contribution is 2.32. The Bertz CT molecular complexity index is 1140. The Kier molecular flexibility index (Phi) is 7.33. The molecule has 0 aromatic heterocycles. The van der Waals surface area contributed by atoms with Gasteiger partial charge in [0, 0.05) is 29.5 Å². The van der Waals surface area contributed by atoms with Gasteiger partial charge in [-0.15, -0.1) is 0 Å². The van der Waals surface area contributed by atoms with Gasteiger partial charge in [0.2, 0.25) is 0 Å². The van der Waals surface area contributed by atoms with Gasteiger partial charge in [-0.25, -0.2) is 4.39 Å². The van der Waals surface area contributed by atoms with Crippen LogP contribution in [0.5, 0.6) is 23.0 Å². The van der Waals surface area contributed by atoms with Crippen molar-refractivity contribution in [2.24, 2.45) is 0 Å². The summed E-state index contributed by atoms with van der Waals surface area (Å²) in [5.41, 5.74) is 1.83. The molecule has 0 amide bonds. The number of carbonyl (C=O) groups is 1. The number of hydrogen-bond donors (Lipinski definition) is 1. The second kappa shape index (κ2) is 10.3. The number of benzene rings is 3. The van der Waals surface area contributed by atoms with Crippen molar-refractivity contribution in [1.29, 1.82) is 0 Å². The van der Waals surface area contributed by atoms with Crippen LogP contribution in [-0.2, 0) is 0 Å². The number of rotatable bonds is 9. The molecular weight excluding hydrogens is 413 g/mol. The van der Waals surface area contributed by atoms with E-state index < -0.39 is 5.82 Å². The van der Waals surface area contributed by atoms with Gasteiger partial charge in [0.1, 0.15) is 28.8 Å². The fraction of sp³-hybridized carbons (Fsp3) is 0.160. The van der Waals surface area contributed by atoms with Crippen molar-refractivity contribution >= 4 is 17.2 Å². The van der Waals surface area contributed by atoms with Crippen LogP contribution in [0.3, 0.4) is 0 Å². The molecule has 6 nitrogen and oxygen atoms in total. The molecule has 0 heterocycles. The minimum atomic E-state index is -0.404. The van der Waals surface area contributed by atoms with E-state index in [1.807, 2.05) is 0 Å². The summed E-state index contributed by atoms with van der Waals surface area (Å²) in [6, 6.07) is 16.1. The van der Waals surface area contributed by atoms with Gasteiger partial charge in [0.05, 0.1) is 39.7 Å². The number of anilines is 1. The van der Waals surface area contributed by atoms with Crippen molar-refractivity contribution in [2.75, 3.05) is 33.8 Å². The van der Waals surface area contributed by atoms with E-state index in [0.29, 0.717) is 45.5 Å². The maximum absolute atomic E-state index is 13.8. The average Bonchev–Trinajstić information content (AvgIpc) is 2.82. The Morgan fingerprint density at radius 3 is 1.94 bits per heavy atom. The van der Waals surface area contributed by atoms with Crippen LogP contribution >= 0.6 is 0 Å². The van der Waals surface area contributed by atoms with E-state index in [1.54, 1.807) is 55.6 Å². The largest absolute Gasteiger partial charge is 0.497 e. The number of halogens is 1. The Morgan fingerprint density at radius 2 is 1.38 bits per heavy atom. The summed E-state index contributed by atoms with van der Waals surface area (Å²) >= 11 is 0. The number of methoxy groups -OCH3 is 4. The van der Waals surface area contributed by atoms with E-state index in [-0.39, 0.29) is 5.78 Å². The van der Waals surface area contributed by atoms with Gasteiger partial charge >= 0.3 is 0 Å². The van der Waals surface area contributed by atoms with E-state index in [2.05, 4.69) is 5.32 Å². The second-order valence-corrected chi connectivity index (χ2v) is 6.69. The zero-order valence-corrected chi connectivity index (χ0v) is 18.3. The number of allylic oxidation sites excluding steroid dienone is 1. The van der Waals surface area contributed by atoms with Crippen LogP contribution in [-0.4, -0.2) is 34.2 Å². The quantitative estimate of drug-likeness (QED) is 0.367. The van der Waals surface area contributed by atoms with Crippen molar-refractivity contribution in [2.45, 2.75) is 0 Å². The van der Waals surface area contributed by atoms with Crippen molar-refractivity contribution in [3.8, 4) is 23.0 Å². The second-order valence-electron chi connectivity index (χ2n) is 6.69. The summed E-state index contributed by atoms with van der Waals surface area (Å²) in [7, 11) is 6.09. The van der Waals surface area contributed by atoms with E-state index in [9.17, 15) is 9.18 Å². The molecule has 7 heteroatoms. The van der Waals surface area contributed by atoms with Gasteiger partial charge in [-0.2, -0.15) is 0 Å². The lowest BCUT2D eigenvalue weighted by Gasteiger charge is -2.16. The lowest BCUT2D eigenvalue weighted by molar-refractivity contribution is 0.104. The number of hydrogen-bond acceptors (Lipinski definition) is 6. The van der Waals surface area contributed by atoms with Crippen molar-refractivity contribution in [3.05, 3.63) is 83.7 Å². The van der Waals surface area contributed by atoms with Crippen LogP contribution in [0.25, 0.3) is 5.70 Å². The zero-order valence-electron chi connectivity index (χ0n) is 18.3. The van der Waals surface area contributed by atoms with E-state index in [4.69, 9.17) is 18.9 Å². The number of carbonyl (C=O) groups excluding carboxylic acids is 1.